The van der Waals surface area contributed by atoms with Crippen molar-refractivity contribution < 1.29 is 19.4 Å². The first-order valence-electron chi connectivity index (χ1n) is 7.14. The topological polar surface area (TPSA) is 67.8 Å². The van der Waals surface area contributed by atoms with E-state index in [4.69, 9.17) is 14.6 Å². The second kappa shape index (κ2) is 8.77. The van der Waals surface area contributed by atoms with E-state index in [2.05, 4.69) is 5.32 Å². The van der Waals surface area contributed by atoms with Crippen molar-refractivity contribution in [1.82, 2.24) is 5.32 Å². The Bertz CT molecular complexity index is 424. The molecular weight excluding hydrogens is 270 g/mol. The summed E-state index contributed by atoms with van der Waals surface area (Å²) in [6.07, 6.45) is 0.417. The third kappa shape index (κ3) is 6.25. The van der Waals surface area contributed by atoms with Crippen molar-refractivity contribution in [2.45, 2.75) is 38.8 Å². The zero-order valence-electron chi connectivity index (χ0n) is 13.0. The van der Waals surface area contributed by atoms with Gasteiger partial charge < -0.3 is 19.9 Å². The van der Waals surface area contributed by atoms with Crippen molar-refractivity contribution in [2.75, 3.05) is 20.0 Å². The van der Waals surface area contributed by atoms with Gasteiger partial charge in [-0.05, 0) is 19.4 Å². The number of nitrogens with one attached hydrogen (secondary N) is 1. The second-order valence-corrected chi connectivity index (χ2v) is 5.28. The molecule has 21 heavy (non-hydrogen) atoms. The maximum atomic E-state index is 11.4. The average Bonchev–Trinajstić information content (AvgIpc) is 2.45. The van der Waals surface area contributed by atoms with E-state index in [0.717, 1.165) is 5.56 Å². The van der Waals surface area contributed by atoms with Crippen molar-refractivity contribution in [3.8, 4) is 0 Å². The highest BCUT2D eigenvalue weighted by molar-refractivity contribution is 5.73. The van der Waals surface area contributed by atoms with Crippen LogP contribution in [0.2, 0.25) is 0 Å². The highest BCUT2D eigenvalue weighted by atomic mass is 16.6. The third-order valence-electron chi connectivity index (χ3n) is 3.16. The van der Waals surface area contributed by atoms with E-state index in [1.807, 2.05) is 44.2 Å². The van der Waals surface area contributed by atoms with E-state index < -0.39 is 5.54 Å². The number of benzene rings is 1. The summed E-state index contributed by atoms with van der Waals surface area (Å²) < 4.78 is 10.9. The largest absolute Gasteiger partial charge is 0.374 e. The van der Waals surface area contributed by atoms with E-state index in [1.165, 1.54) is 6.92 Å². The lowest BCUT2D eigenvalue weighted by molar-refractivity contribution is -0.123. The molecule has 1 aromatic carbocycles. The standard InChI is InChI=1S/C16H25NO4/c1-4-21-15(14-8-6-5-7-9-14)10-16(3,11-20-12-18)17-13(2)19/h5-9,15,18H,4,10-12H2,1-3H3,(H,17,19). The SMILES string of the molecule is CCOC(CC(C)(COCO)NC(C)=O)c1ccccc1. The summed E-state index contributed by atoms with van der Waals surface area (Å²) in [5.74, 6) is -0.137. The highest BCUT2D eigenvalue weighted by Crippen LogP contribution is 2.27. The summed E-state index contributed by atoms with van der Waals surface area (Å²) in [4.78, 5) is 11.4. The summed E-state index contributed by atoms with van der Waals surface area (Å²) in [7, 11) is 0. The lowest BCUT2D eigenvalue weighted by Crippen LogP contribution is -2.50. The maximum absolute atomic E-state index is 11.4. The molecule has 0 saturated carbocycles. The quantitative estimate of drug-likeness (QED) is 0.684. The molecule has 0 aliphatic carbocycles. The Morgan fingerprint density at radius 2 is 2.05 bits per heavy atom. The minimum atomic E-state index is -0.607. The Morgan fingerprint density at radius 1 is 1.38 bits per heavy atom. The van der Waals surface area contributed by atoms with Crippen molar-refractivity contribution in [2.24, 2.45) is 0 Å². The summed E-state index contributed by atoms with van der Waals surface area (Å²) in [6.45, 7) is 5.72. The summed E-state index contributed by atoms with van der Waals surface area (Å²) >= 11 is 0. The molecule has 1 rings (SSSR count). The minimum absolute atomic E-state index is 0.137. The molecule has 0 radical (unpaired) electrons. The van der Waals surface area contributed by atoms with Crippen LogP contribution in [0, 0.1) is 0 Å². The molecule has 0 heterocycles. The molecule has 5 nitrogen and oxygen atoms in total. The molecule has 0 aliphatic heterocycles. The van der Waals surface area contributed by atoms with Crippen LogP contribution in [0.1, 0.15) is 38.9 Å². The molecule has 0 saturated heterocycles. The Labute approximate surface area is 126 Å². The number of hydrogen-bond acceptors (Lipinski definition) is 4. The van der Waals surface area contributed by atoms with Gasteiger partial charge >= 0.3 is 0 Å². The Balaban J connectivity index is 2.87. The van der Waals surface area contributed by atoms with Crippen LogP contribution < -0.4 is 5.32 Å². The van der Waals surface area contributed by atoms with E-state index in [0.29, 0.717) is 13.0 Å². The van der Waals surface area contributed by atoms with E-state index >= 15 is 0 Å². The van der Waals surface area contributed by atoms with Crippen LogP contribution in [0.4, 0.5) is 0 Å². The van der Waals surface area contributed by atoms with Crippen LogP contribution in [0.25, 0.3) is 0 Å². The molecule has 2 N–H and O–H groups in total. The number of ether oxygens (including phenoxy) is 2. The number of carbonyl (C=O) groups excluding carboxylic acids is 1. The summed E-state index contributed by atoms with van der Waals surface area (Å²) in [6, 6.07) is 9.87. The van der Waals surface area contributed by atoms with Gasteiger partial charge in [0.05, 0.1) is 18.2 Å². The van der Waals surface area contributed by atoms with Gasteiger partial charge in [0.25, 0.3) is 0 Å². The molecule has 0 spiro atoms. The van der Waals surface area contributed by atoms with Crippen molar-refractivity contribution in [3.05, 3.63) is 35.9 Å². The van der Waals surface area contributed by atoms with Gasteiger partial charge in [-0.3, -0.25) is 4.79 Å². The number of aliphatic hydroxyl groups is 1. The van der Waals surface area contributed by atoms with Gasteiger partial charge in [0.1, 0.15) is 6.79 Å². The van der Waals surface area contributed by atoms with Gasteiger partial charge in [-0.2, -0.15) is 0 Å². The zero-order valence-corrected chi connectivity index (χ0v) is 13.0. The van der Waals surface area contributed by atoms with Crippen molar-refractivity contribution in [3.63, 3.8) is 0 Å². The predicted molar refractivity (Wildman–Crippen MR) is 80.7 cm³/mol. The van der Waals surface area contributed by atoms with Gasteiger partial charge in [0.2, 0.25) is 5.91 Å². The average molecular weight is 295 g/mol. The number of rotatable bonds is 9. The zero-order chi connectivity index (χ0) is 15.7. The maximum Gasteiger partial charge on any atom is 0.217 e. The van der Waals surface area contributed by atoms with Gasteiger partial charge in [-0.15, -0.1) is 0 Å². The van der Waals surface area contributed by atoms with Gasteiger partial charge in [-0.1, -0.05) is 30.3 Å². The molecule has 0 fully saturated rings. The number of aliphatic hydroxyl groups excluding tert-OH is 1. The summed E-state index contributed by atoms with van der Waals surface area (Å²) in [5, 5.41) is 11.7. The van der Waals surface area contributed by atoms with Crippen LogP contribution in [-0.2, 0) is 14.3 Å². The Hall–Kier alpha value is -1.43. The van der Waals surface area contributed by atoms with Crippen LogP contribution in [0.5, 0.6) is 0 Å². The van der Waals surface area contributed by atoms with E-state index in [-0.39, 0.29) is 25.4 Å². The normalized spacial score (nSPS) is 15.2. The lowest BCUT2D eigenvalue weighted by Gasteiger charge is -2.33. The first kappa shape index (κ1) is 17.6. The van der Waals surface area contributed by atoms with Crippen LogP contribution in [0.15, 0.2) is 30.3 Å². The predicted octanol–water partition coefficient (Wildman–Crippen LogP) is 2.02. The monoisotopic (exact) mass is 295 g/mol. The lowest BCUT2D eigenvalue weighted by atomic mass is 9.91. The molecule has 1 aromatic rings. The molecule has 118 valence electrons. The fourth-order valence-corrected chi connectivity index (χ4v) is 2.39. The number of hydrogen-bond donors (Lipinski definition) is 2. The van der Waals surface area contributed by atoms with Crippen LogP contribution >= 0.6 is 0 Å². The molecule has 2 atom stereocenters. The molecule has 0 aromatic heterocycles. The fraction of sp³-hybridized carbons (Fsp3) is 0.562. The molecular formula is C16H25NO4. The fourth-order valence-electron chi connectivity index (χ4n) is 2.39. The van der Waals surface area contributed by atoms with Crippen LogP contribution in [-0.4, -0.2) is 36.6 Å². The molecule has 5 heteroatoms. The van der Waals surface area contributed by atoms with Gasteiger partial charge in [-0.25, -0.2) is 0 Å². The molecule has 1 amide bonds. The second-order valence-electron chi connectivity index (χ2n) is 5.28. The molecule has 0 aliphatic rings. The van der Waals surface area contributed by atoms with Crippen LogP contribution in [0.3, 0.4) is 0 Å². The first-order chi connectivity index (χ1) is 10.0. The van der Waals surface area contributed by atoms with Crippen molar-refractivity contribution in [1.29, 1.82) is 0 Å². The van der Waals surface area contributed by atoms with Gasteiger partial charge in [0, 0.05) is 20.0 Å². The van der Waals surface area contributed by atoms with E-state index in [1.54, 1.807) is 0 Å². The first-order valence-corrected chi connectivity index (χ1v) is 7.14. The minimum Gasteiger partial charge on any atom is -0.374 e. The summed E-state index contributed by atoms with van der Waals surface area (Å²) in [5.41, 5.74) is 0.449. The highest BCUT2D eigenvalue weighted by Gasteiger charge is 2.30. The Kier molecular flexibility index (Phi) is 7.36. The Morgan fingerprint density at radius 3 is 2.57 bits per heavy atom. The molecule has 0 bridgehead atoms. The van der Waals surface area contributed by atoms with Crippen molar-refractivity contribution >= 4 is 5.91 Å². The molecule has 2 unspecified atom stereocenters. The third-order valence-corrected chi connectivity index (χ3v) is 3.16. The van der Waals surface area contributed by atoms with E-state index in [9.17, 15) is 4.79 Å². The smallest absolute Gasteiger partial charge is 0.217 e. The number of amides is 1. The number of carbonyl (C=O) groups is 1. The van der Waals surface area contributed by atoms with Gasteiger partial charge in [0.15, 0.2) is 0 Å².